The predicted molar refractivity (Wildman–Crippen MR) is 135 cm³/mol. The number of carbonyl (C=O) groups is 1. The molecule has 0 atom stereocenters. The number of methoxy groups -OCH3 is 1. The molecule has 0 aliphatic carbocycles. The number of nitrogens with zero attached hydrogens (tertiary/aromatic N) is 3. The van der Waals surface area contributed by atoms with Crippen molar-refractivity contribution in [1.29, 1.82) is 0 Å². The molecule has 8 nitrogen and oxygen atoms in total. The first-order valence-corrected chi connectivity index (χ1v) is 13.3. The number of rotatable bonds is 7. The molecule has 1 aromatic heterocycles. The van der Waals surface area contributed by atoms with Gasteiger partial charge in [0, 0.05) is 30.4 Å². The van der Waals surface area contributed by atoms with Crippen LogP contribution in [0.5, 0.6) is 5.75 Å². The summed E-state index contributed by atoms with van der Waals surface area (Å²) in [6, 6.07) is 14.4. The lowest BCUT2D eigenvalue weighted by Gasteiger charge is -2.20. The van der Waals surface area contributed by atoms with Crippen molar-refractivity contribution in [2.75, 3.05) is 25.5 Å². The van der Waals surface area contributed by atoms with E-state index in [1.165, 1.54) is 0 Å². The van der Waals surface area contributed by atoms with Crippen molar-refractivity contribution in [3.63, 3.8) is 0 Å². The third-order valence-electron chi connectivity index (χ3n) is 6.35. The Hall–Kier alpha value is -3.17. The number of aromatic nitrogens is 2. The number of nitrogens with one attached hydrogen (secondary N) is 1. The highest BCUT2D eigenvalue weighted by atomic mass is 32.2. The van der Waals surface area contributed by atoms with Gasteiger partial charge in [0.1, 0.15) is 10.6 Å². The Morgan fingerprint density at radius 1 is 1.03 bits per heavy atom. The molecular weight excluding hydrogens is 464 g/mol. The number of sulfonamides is 1. The Balaban J connectivity index is 1.48. The molecule has 4 rings (SSSR count). The van der Waals surface area contributed by atoms with Crippen LogP contribution in [0.15, 0.2) is 53.4 Å². The molecule has 0 saturated carbocycles. The van der Waals surface area contributed by atoms with Crippen molar-refractivity contribution in [3.8, 4) is 5.75 Å². The molecule has 9 heteroatoms. The molecule has 0 unspecified atom stereocenters. The lowest BCUT2D eigenvalue weighted by atomic mass is 10.1. The van der Waals surface area contributed by atoms with Crippen molar-refractivity contribution in [2.45, 2.75) is 51.0 Å². The third kappa shape index (κ3) is 5.57. The van der Waals surface area contributed by atoms with Crippen molar-refractivity contribution < 1.29 is 17.9 Å². The smallest absolute Gasteiger partial charge is 0.255 e. The van der Waals surface area contributed by atoms with Gasteiger partial charge in [0.2, 0.25) is 10.0 Å². The first-order chi connectivity index (χ1) is 16.8. The summed E-state index contributed by atoms with van der Waals surface area (Å²) in [5.74, 6) is 0.446. The van der Waals surface area contributed by atoms with Gasteiger partial charge >= 0.3 is 0 Å². The maximum Gasteiger partial charge on any atom is 0.255 e. The Labute approximate surface area is 207 Å². The highest BCUT2D eigenvalue weighted by Crippen LogP contribution is 2.26. The molecular formula is C26H32N4O4S. The maximum absolute atomic E-state index is 13.4. The Morgan fingerprint density at radius 2 is 1.71 bits per heavy atom. The van der Waals surface area contributed by atoms with Crippen LogP contribution in [0.2, 0.25) is 0 Å². The quantitative estimate of drug-likeness (QED) is 0.524. The molecule has 1 aliphatic rings. The van der Waals surface area contributed by atoms with Gasteiger partial charge < -0.3 is 10.1 Å². The number of anilines is 1. The number of benzene rings is 2. The first kappa shape index (κ1) is 24.9. The van der Waals surface area contributed by atoms with Gasteiger partial charge in [0.15, 0.2) is 0 Å². The highest BCUT2D eigenvalue weighted by molar-refractivity contribution is 7.89. The SMILES string of the molecule is COc1cccc(NC(=O)c2ccc(Cn3nc(C)c(S(=O)(=O)N4CCCCCC4)c3C)cc2)c1. The highest BCUT2D eigenvalue weighted by Gasteiger charge is 2.31. The lowest BCUT2D eigenvalue weighted by Crippen LogP contribution is -2.32. The molecule has 1 amide bonds. The van der Waals surface area contributed by atoms with Crippen LogP contribution in [0, 0.1) is 13.8 Å². The summed E-state index contributed by atoms with van der Waals surface area (Å²) in [5, 5.41) is 7.41. The Kier molecular flexibility index (Phi) is 7.57. The average molecular weight is 497 g/mol. The molecule has 2 heterocycles. The van der Waals surface area contributed by atoms with E-state index in [4.69, 9.17) is 4.74 Å². The summed E-state index contributed by atoms with van der Waals surface area (Å²) < 4.78 is 35.3. The van der Waals surface area contributed by atoms with E-state index in [0.717, 1.165) is 31.2 Å². The minimum Gasteiger partial charge on any atom is -0.497 e. The number of aryl methyl sites for hydroxylation is 1. The summed E-state index contributed by atoms with van der Waals surface area (Å²) in [6.07, 6.45) is 3.92. The molecule has 1 saturated heterocycles. The molecule has 186 valence electrons. The molecule has 1 aliphatic heterocycles. The summed E-state index contributed by atoms with van der Waals surface area (Å²) >= 11 is 0. The number of hydrogen-bond donors (Lipinski definition) is 1. The largest absolute Gasteiger partial charge is 0.497 e. The molecule has 35 heavy (non-hydrogen) atoms. The molecule has 1 N–H and O–H groups in total. The standard InChI is InChI=1S/C26H32N4O4S/c1-19-25(35(32,33)29-15-6-4-5-7-16-29)20(2)30(28-19)18-21-11-13-22(14-12-21)26(31)27-23-9-8-10-24(17-23)34-3/h8-14,17H,4-7,15-16,18H2,1-3H3,(H,27,31). The Bertz CT molecular complexity index is 1290. The fourth-order valence-corrected chi connectivity index (χ4v) is 6.35. The van der Waals surface area contributed by atoms with Crippen molar-refractivity contribution >= 4 is 21.6 Å². The van der Waals surface area contributed by atoms with E-state index in [0.29, 0.717) is 52.9 Å². The van der Waals surface area contributed by atoms with Crippen molar-refractivity contribution in [2.24, 2.45) is 0 Å². The van der Waals surface area contributed by atoms with Crippen LogP contribution in [-0.4, -0.2) is 48.6 Å². The van der Waals surface area contributed by atoms with Crippen molar-refractivity contribution in [3.05, 3.63) is 71.0 Å². The number of amides is 1. The number of ether oxygens (including phenoxy) is 1. The van der Waals surface area contributed by atoms with E-state index in [1.54, 1.807) is 54.2 Å². The summed E-state index contributed by atoms with van der Waals surface area (Å²) in [7, 11) is -2.00. The van der Waals surface area contributed by atoms with Gasteiger partial charge in [-0.15, -0.1) is 0 Å². The summed E-state index contributed by atoms with van der Waals surface area (Å²) in [6.45, 7) is 5.10. The molecule has 0 radical (unpaired) electrons. The third-order valence-corrected chi connectivity index (χ3v) is 8.51. The zero-order valence-electron chi connectivity index (χ0n) is 20.5. The summed E-state index contributed by atoms with van der Waals surface area (Å²) in [4.78, 5) is 12.9. The first-order valence-electron chi connectivity index (χ1n) is 11.9. The molecule has 0 bridgehead atoms. The molecule has 3 aromatic rings. The molecule has 2 aromatic carbocycles. The number of carbonyl (C=O) groups excluding carboxylic acids is 1. The zero-order valence-corrected chi connectivity index (χ0v) is 21.3. The maximum atomic E-state index is 13.4. The fourth-order valence-electron chi connectivity index (χ4n) is 4.46. The van der Waals surface area contributed by atoms with E-state index < -0.39 is 10.0 Å². The van der Waals surface area contributed by atoms with E-state index in [1.807, 2.05) is 24.3 Å². The Morgan fingerprint density at radius 3 is 2.37 bits per heavy atom. The minimum absolute atomic E-state index is 0.221. The second kappa shape index (κ2) is 10.6. The van der Waals surface area contributed by atoms with E-state index in [2.05, 4.69) is 10.4 Å². The van der Waals surface area contributed by atoms with Crippen molar-refractivity contribution in [1.82, 2.24) is 14.1 Å². The van der Waals surface area contributed by atoms with Crippen LogP contribution in [0.4, 0.5) is 5.69 Å². The van der Waals surface area contributed by atoms with E-state index in [-0.39, 0.29) is 5.91 Å². The van der Waals surface area contributed by atoms with Gasteiger partial charge in [0.05, 0.1) is 25.0 Å². The monoisotopic (exact) mass is 496 g/mol. The normalized spacial score (nSPS) is 14.9. The second-order valence-corrected chi connectivity index (χ2v) is 10.7. The van der Waals surface area contributed by atoms with Crippen LogP contribution in [0.25, 0.3) is 0 Å². The van der Waals surface area contributed by atoms with Crippen LogP contribution in [0.1, 0.15) is 53.0 Å². The van der Waals surface area contributed by atoms with Gasteiger partial charge in [-0.05, 0) is 56.5 Å². The minimum atomic E-state index is -3.58. The van der Waals surface area contributed by atoms with Crippen LogP contribution >= 0.6 is 0 Å². The fraction of sp³-hybridized carbons (Fsp3) is 0.385. The lowest BCUT2D eigenvalue weighted by molar-refractivity contribution is 0.102. The zero-order chi connectivity index (χ0) is 25.0. The van der Waals surface area contributed by atoms with E-state index >= 15 is 0 Å². The van der Waals surface area contributed by atoms with Crippen LogP contribution < -0.4 is 10.1 Å². The van der Waals surface area contributed by atoms with Gasteiger partial charge in [-0.1, -0.05) is 31.0 Å². The van der Waals surface area contributed by atoms with Gasteiger partial charge in [-0.25, -0.2) is 8.42 Å². The van der Waals surface area contributed by atoms with Crippen LogP contribution in [-0.2, 0) is 16.6 Å². The second-order valence-electron chi connectivity index (χ2n) is 8.86. The van der Waals surface area contributed by atoms with Crippen LogP contribution in [0.3, 0.4) is 0 Å². The molecule has 0 spiro atoms. The average Bonchev–Trinajstić information content (AvgIpc) is 3.02. The summed E-state index contributed by atoms with van der Waals surface area (Å²) in [5.41, 5.74) is 3.24. The van der Waals surface area contributed by atoms with E-state index in [9.17, 15) is 13.2 Å². The molecule has 1 fully saturated rings. The number of hydrogen-bond acceptors (Lipinski definition) is 5. The van der Waals surface area contributed by atoms with Gasteiger partial charge in [-0.2, -0.15) is 9.40 Å². The van der Waals surface area contributed by atoms with Gasteiger partial charge in [-0.3, -0.25) is 9.48 Å². The predicted octanol–water partition coefficient (Wildman–Crippen LogP) is 4.37. The van der Waals surface area contributed by atoms with Gasteiger partial charge in [0.25, 0.3) is 5.91 Å². The topological polar surface area (TPSA) is 93.5 Å².